The standard InChI is InChI=1S/C22H31N3O5/c1-27-14-19-11-18(25-30-19)9-17-13-23-7-6-16(17)10-22(26)24-12-15-4-5-20(28-2)21(8-15)29-3/h4-5,8,11,16-17,23H,6-7,9-10,12-14H2,1-3H3,(H,24,26)/t16-,17+/m0/s1. The molecular weight excluding hydrogens is 386 g/mol. The lowest BCUT2D eigenvalue weighted by Crippen LogP contribution is -2.40. The monoisotopic (exact) mass is 417 g/mol. The predicted octanol–water partition coefficient (Wildman–Crippen LogP) is 2.31. The van der Waals surface area contributed by atoms with Crippen molar-refractivity contribution in [2.24, 2.45) is 11.8 Å². The van der Waals surface area contributed by atoms with Crippen LogP contribution in [0.3, 0.4) is 0 Å². The highest BCUT2D eigenvalue weighted by atomic mass is 16.5. The van der Waals surface area contributed by atoms with Gasteiger partial charge in [0.25, 0.3) is 0 Å². The summed E-state index contributed by atoms with van der Waals surface area (Å²) in [6, 6.07) is 7.59. The molecule has 164 valence electrons. The summed E-state index contributed by atoms with van der Waals surface area (Å²) >= 11 is 0. The molecule has 2 N–H and O–H groups in total. The first-order chi connectivity index (χ1) is 14.6. The van der Waals surface area contributed by atoms with E-state index < -0.39 is 0 Å². The Kier molecular flexibility index (Phi) is 8.10. The fourth-order valence-electron chi connectivity index (χ4n) is 3.92. The first-order valence-corrected chi connectivity index (χ1v) is 10.2. The summed E-state index contributed by atoms with van der Waals surface area (Å²) in [7, 11) is 4.83. The summed E-state index contributed by atoms with van der Waals surface area (Å²) in [5, 5.41) is 10.6. The molecule has 8 nitrogen and oxygen atoms in total. The molecular formula is C22H31N3O5. The Labute approximate surface area is 177 Å². The van der Waals surface area contributed by atoms with E-state index in [2.05, 4.69) is 15.8 Å². The van der Waals surface area contributed by atoms with Crippen LogP contribution in [0.25, 0.3) is 0 Å². The van der Waals surface area contributed by atoms with Gasteiger partial charge in [0.15, 0.2) is 17.3 Å². The van der Waals surface area contributed by atoms with E-state index in [4.69, 9.17) is 18.7 Å². The van der Waals surface area contributed by atoms with Crippen molar-refractivity contribution in [2.45, 2.75) is 32.4 Å². The third-order valence-electron chi connectivity index (χ3n) is 5.52. The molecule has 3 rings (SSSR count). The Morgan fingerprint density at radius 3 is 2.80 bits per heavy atom. The quantitative estimate of drug-likeness (QED) is 0.613. The smallest absolute Gasteiger partial charge is 0.220 e. The molecule has 1 fully saturated rings. The van der Waals surface area contributed by atoms with Crippen LogP contribution in [0.2, 0.25) is 0 Å². The van der Waals surface area contributed by atoms with Crippen LogP contribution in [0.1, 0.15) is 29.9 Å². The third kappa shape index (κ3) is 5.96. The molecule has 1 aliphatic heterocycles. The van der Waals surface area contributed by atoms with E-state index in [0.29, 0.717) is 42.9 Å². The molecule has 2 atom stereocenters. The maximum atomic E-state index is 12.6. The van der Waals surface area contributed by atoms with Crippen molar-refractivity contribution in [3.8, 4) is 11.5 Å². The van der Waals surface area contributed by atoms with Crippen molar-refractivity contribution in [3.05, 3.63) is 41.3 Å². The summed E-state index contributed by atoms with van der Waals surface area (Å²) in [4.78, 5) is 12.6. The number of hydrogen-bond acceptors (Lipinski definition) is 7. The van der Waals surface area contributed by atoms with Gasteiger partial charge in [-0.15, -0.1) is 0 Å². The van der Waals surface area contributed by atoms with Gasteiger partial charge >= 0.3 is 0 Å². The Balaban J connectivity index is 1.53. The summed E-state index contributed by atoms with van der Waals surface area (Å²) in [5.41, 5.74) is 1.88. The summed E-state index contributed by atoms with van der Waals surface area (Å²) in [6.45, 7) is 2.67. The predicted molar refractivity (Wildman–Crippen MR) is 111 cm³/mol. The maximum Gasteiger partial charge on any atom is 0.220 e. The first-order valence-electron chi connectivity index (χ1n) is 10.2. The van der Waals surface area contributed by atoms with Gasteiger partial charge in [0.05, 0.1) is 19.9 Å². The van der Waals surface area contributed by atoms with Crippen LogP contribution < -0.4 is 20.1 Å². The SMILES string of the molecule is COCc1cc(C[C@@H]2CNCC[C@H]2CC(=O)NCc2ccc(OC)c(OC)c2)no1. The Morgan fingerprint density at radius 1 is 1.20 bits per heavy atom. The number of nitrogens with one attached hydrogen (secondary N) is 2. The minimum absolute atomic E-state index is 0.0573. The van der Waals surface area contributed by atoms with E-state index >= 15 is 0 Å². The van der Waals surface area contributed by atoms with Gasteiger partial charge in [-0.1, -0.05) is 11.2 Å². The number of ether oxygens (including phenoxy) is 3. The van der Waals surface area contributed by atoms with E-state index in [-0.39, 0.29) is 5.91 Å². The van der Waals surface area contributed by atoms with Crippen LogP contribution >= 0.6 is 0 Å². The van der Waals surface area contributed by atoms with Crippen LogP contribution in [-0.2, 0) is 29.1 Å². The van der Waals surface area contributed by atoms with Crippen molar-refractivity contribution >= 4 is 5.91 Å². The molecule has 0 radical (unpaired) electrons. The number of carbonyl (C=O) groups is 1. The van der Waals surface area contributed by atoms with E-state index in [0.717, 1.165) is 42.9 Å². The van der Waals surface area contributed by atoms with Gasteiger partial charge in [0.1, 0.15) is 6.61 Å². The Bertz CT molecular complexity index is 823. The fourth-order valence-corrected chi connectivity index (χ4v) is 3.92. The lowest BCUT2D eigenvalue weighted by molar-refractivity contribution is -0.122. The molecule has 0 bridgehead atoms. The molecule has 1 saturated heterocycles. The van der Waals surface area contributed by atoms with Crippen molar-refractivity contribution in [1.82, 2.24) is 15.8 Å². The highest BCUT2D eigenvalue weighted by Gasteiger charge is 2.28. The number of methoxy groups -OCH3 is 3. The maximum absolute atomic E-state index is 12.6. The molecule has 8 heteroatoms. The number of amides is 1. The summed E-state index contributed by atoms with van der Waals surface area (Å²) < 4.78 is 21.0. The average molecular weight is 418 g/mol. The molecule has 1 aliphatic rings. The molecule has 0 unspecified atom stereocenters. The second-order valence-electron chi connectivity index (χ2n) is 7.60. The lowest BCUT2D eigenvalue weighted by atomic mass is 9.81. The molecule has 1 amide bonds. The van der Waals surface area contributed by atoms with Crippen molar-refractivity contribution in [3.63, 3.8) is 0 Å². The molecule has 30 heavy (non-hydrogen) atoms. The number of aromatic nitrogens is 1. The van der Waals surface area contributed by atoms with Gasteiger partial charge in [0.2, 0.25) is 5.91 Å². The molecule has 2 aromatic rings. The van der Waals surface area contributed by atoms with E-state index in [1.165, 1.54) is 0 Å². The van der Waals surface area contributed by atoms with Gasteiger partial charge in [0, 0.05) is 26.1 Å². The Morgan fingerprint density at radius 2 is 2.03 bits per heavy atom. The second-order valence-corrected chi connectivity index (χ2v) is 7.60. The van der Waals surface area contributed by atoms with Gasteiger partial charge in [-0.2, -0.15) is 0 Å². The van der Waals surface area contributed by atoms with Gasteiger partial charge in [-0.25, -0.2) is 0 Å². The zero-order chi connectivity index (χ0) is 21.3. The van der Waals surface area contributed by atoms with Gasteiger partial charge in [-0.05, 0) is 55.5 Å². The number of rotatable bonds is 10. The summed E-state index contributed by atoms with van der Waals surface area (Å²) in [5.74, 6) is 2.75. The molecule has 1 aromatic carbocycles. The van der Waals surface area contributed by atoms with E-state index in [1.807, 2.05) is 24.3 Å². The van der Waals surface area contributed by atoms with Crippen LogP contribution in [0.15, 0.2) is 28.8 Å². The molecule has 0 spiro atoms. The largest absolute Gasteiger partial charge is 0.493 e. The number of hydrogen-bond donors (Lipinski definition) is 2. The molecule has 0 saturated carbocycles. The zero-order valence-electron chi connectivity index (χ0n) is 17.9. The van der Waals surface area contributed by atoms with Crippen molar-refractivity contribution in [1.29, 1.82) is 0 Å². The van der Waals surface area contributed by atoms with Crippen LogP contribution in [-0.4, -0.2) is 45.5 Å². The van der Waals surface area contributed by atoms with E-state index in [9.17, 15) is 4.79 Å². The van der Waals surface area contributed by atoms with Crippen LogP contribution in [0.5, 0.6) is 11.5 Å². The van der Waals surface area contributed by atoms with Crippen LogP contribution in [0, 0.1) is 11.8 Å². The average Bonchev–Trinajstić information content (AvgIpc) is 3.20. The van der Waals surface area contributed by atoms with Crippen molar-refractivity contribution in [2.75, 3.05) is 34.4 Å². The number of benzene rings is 1. The topological polar surface area (TPSA) is 94.9 Å². The van der Waals surface area contributed by atoms with E-state index in [1.54, 1.807) is 21.3 Å². The minimum Gasteiger partial charge on any atom is -0.493 e. The second kappa shape index (κ2) is 11.0. The van der Waals surface area contributed by atoms with Gasteiger partial charge in [-0.3, -0.25) is 4.79 Å². The first kappa shape index (κ1) is 22.1. The highest BCUT2D eigenvalue weighted by molar-refractivity contribution is 5.76. The number of piperidine rings is 1. The fraction of sp³-hybridized carbons (Fsp3) is 0.545. The zero-order valence-corrected chi connectivity index (χ0v) is 17.9. The minimum atomic E-state index is 0.0573. The highest BCUT2D eigenvalue weighted by Crippen LogP contribution is 2.28. The van der Waals surface area contributed by atoms with Gasteiger partial charge < -0.3 is 29.4 Å². The number of nitrogens with zero attached hydrogens (tertiary/aromatic N) is 1. The molecule has 1 aromatic heterocycles. The lowest BCUT2D eigenvalue weighted by Gasteiger charge is -2.31. The Hall–Kier alpha value is -2.58. The summed E-state index contributed by atoms with van der Waals surface area (Å²) in [6.07, 6.45) is 2.26. The normalized spacial score (nSPS) is 18.8. The third-order valence-corrected chi connectivity index (χ3v) is 5.52. The molecule has 0 aliphatic carbocycles. The number of carbonyl (C=O) groups excluding carboxylic acids is 1. The van der Waals surface area contributed by atoms with Crippen molar-refractivity contribution < 1.29 is 23.5 Å². The molecule has 2 heterocycles. The van der Waals surface area contributed by atoms with Crippen LogP contribution in [0.4, 0.5) is 0 Å².